The van der Waals surface area contributed by atoms with Crippen LogP contribution in [0.2, 0.25) is 0 Å². The second-order valence-corrected chi connectivity index (χ2v) is 2.14. The highest BCUT2D eigenvalue weighted by molar-refractivity contribution is 5.72. The first-order valence-corrected chi connectivity index (χ1v) is 3.21. The molecule has 1 aromatic heterocycles. The van der Waals surface area contributed by atoms with Crippen molar-refractivity contribution in [2.24, 2.45) is 5.73 Å². The molecule has 1 amide bonds. The molecule has 0 radical (unpaired) electrons. The van der Waals surface area contributed by atoms with Crippen LogP contribution < -0.4 is 22.7 Å². The molecule has 0 saturated heterocycles. The quantitative estimate of drug-likeness (QED) is 0.473. The molecule has 1 heterocycles. The van der Waals surface area contributed by atoms with Crippen LogP contribution in [0.25, 0.3) is 6.08 Å². The predicted octanol–water partition coefficient (Wildman–Crippen LogP) is -3.57. The summed E-state index contributed by atoms with van der Waals surface area (Å²) in [5, 5.41) is 0. The number of amides is 1. The highest BCUT2D eigenvalue weighted by Crippen LogP contribution is 1.86. The average molecular weight is 188 g/mol. The Morgan fingerprint density at radius 1 is 1.83 bits per heavy atom. The molecule has 0 saturated carbocycles. The van der Waals surface area contributed by atoms with Gasteiger partial charge in [0, 0.05) is 6.08 Å². The van der Waals surface area contributed by atoms with Crippen LogP contribution in [0.4, 0.5) is 0 Å². The maximum absolute atomic E-state index is 10.5. The number of halogens is 1. The van der Waals surface area contributed by atoms with Crippen molar-refractivity contribution in [2.75, 3.05) is 0 Å². The summed E-state index contributed by atoms with van der Waals surface area (Å²) in [6.45, 7) is 3.75. The zero-order valence-electron chi connectivity index (χ0n) is 6.46. The zero-order chi connectivity index (χ0) is 8.27. The lowest BCUT2D eigenvalue weighted by Gasteiger charge is -1.91. The highest BCUT2D eigenvalue weighted by Gasteiger charge is 2.07. The third-order valence-corrected chi connectivity index (χ3v) is 1.31. The summed E-state index contributed by atoms with van der Waals surface area (Å²) in [7, 11) is 0. The Balaban J connectivity index is 0.00000121. The molecule has 0 atom stereocenters. The van der Waals surface area contributed by atoms with E-state index < -0.39 is 0 Å². The zero-order valence-corrected chi connectivity index (χ0v) is 7.21. The second-order valence-electron chi connectivity index (χ2n) is 2.14. The van der Waals surface area contributed by atoms with E-state index in [1.807, 2.05) is 0 Å². The van der Waals surface area contributed by atoms with E-state index in [2.05, 4.69) is 11.6 Å². The van der Waals surface area contributed by atoms with E-state index in [9.17, 15) is 4.79 Å². The van der Waals surface area contributed by atoms with Crippen molar-refractivity contribution in [3.63, 3.8) is 0 Å². The molecule has 0 spiro atoms. The molecular weight excluding hydrogens is 178 g/mol. The first-order chi connectivity index (χ1) is 5.24. The van der Waals surface area contributed by atoms with Crippen LogP contribution in [0.15, 0.2) is 19.0 Å². The summed E-state index contributed by atoms with van der Waals surface area (Å²) in [5.74, 6) is 0.418. The first kappa shape index (κ1) is 10.7. The Morgan fingerprint density at radius 2 is 2.50 bits per heavy atom. The van der Waals surface area contributed by atoms with Crippen LogP contribution in [0.1, 0.15) is 5.82 Å². The molecule has 0 aliphatic rings. The summed E-state index contributed by atoms with van der Waals surface area (Å²) in [4.78, 5) is 13.4. The van der Waals surface area contributed by atoms with Crippen LogP contribution in [0, 0.1) is 0 Å². The third-order valence-electron chi connectivity index (χ3n) is 1.31. The monoisotopic (exact) mass is 187 g/mol. The van der Waals surface area contributed by atoms with E-state index in [1.54, 1.807) is 23.0 Å². The topological polar surface area (TPSA) is 62.8 Å². The molecule has 0 aliphatic carbocycles. The molecule has 66 valence electrons. The van der Waals surface area contributed by atoms with Crippen LogP contribution in [-0.2, 0) is 11.3 Å². The summed E-state index contributed by atoms with van der Waals surface area (Å²) in [6, 6.07) is 0. The number of hydrogen-bond donors (Lipinski definition) is 2. The maximum atomic E-state index is 10.5. The highest BCUT2D eigenvalue weighted by atomic mass is 35.5. The van der Waals surface area contributed by atoms with Crippen molar-refractivity contribution < 1.29 is 21.8 Å². The molecule has 0 fully saturated rings. The largest absolute Gasteiger partial charge is 1.00 e. The minimum Gasteiger partial charge on any atom is -1.00 e. The molecular formula is C7H10ClN3O. The van der Waals surface area contributed by atoms with Gasteiger partial charge in [0.2, 0.25) is 0 Å². The number of aromatic amines is 1. The maximum Gasteiger partial charge on any atom is 0.279 e. The fourth-order valence-electron chi connectivity index (χ4n) is 0.858. The van der Waals surface area contributed by atoms with E-state index in [0.29, 0.717) is 0 Å². The molecule has 0 bridgehead atoms. The Labute approximate surface area is 76.5 Å². The standard InChI is InChI=1S/C7H9N3O.ClH/c1-2-7-9-3-4-10(7)5-6(8)11;/h2-4H,1,5H2,(H2,8,11);1H. The molecule has 0 aliphatic heterocycles. The number of H-pyrrole nitrogens is 1. The number of rotatable bonds is 3. The van der Waals surface area contributed by atoms with Gasteiger partial charge in [-0.25, -0.2) is 9.55 Å². The summed E-state index contributed by atoms with van der Waals surface area (Å²) in [6.07, 6.45) is 5.09. The van der Waals surface area contributed by atoms with Gasteiger partial charge in [-0.1, -0.05) is 6.58 Å². The van der Waals surface area contributed by atoms with Crippen LogP contribution in [0.5, 0.6) is 0 Å². The first-order valence-electron chi connectivity index (χ1n) is 3.21. The van der Waals surface area contributed by atoms with Gasteiger partial charge in [-0.2, -0.15) is 0 Å². The van der Waals surface area contributed by atoms with Crippen LogP contribution >= 0.6 is 0 Å². The number of carbonyl (C=O) groups is 1. The number of hydrogen-bond acceptors (Lipinski definition) is 1. The van der Waals surface area contributed by atoms with E-state index >= 15 is 0 Å². The number of nitrogens with zero attached hydrogens (tertiary/aromatic N) is 1. The van der Waals surface area contributed by atoms with Gasteiger partial charge in [-0.3, -0.25) is 4.79 Å². The molecule has 0 unspecified atom stereocenters. The van der Waals surface area contributed by atoms with Crippen LogP contribution in [-0.4, -0.2) is 10.9 Å². The molecule has 12 heavy (non-hydrogen) atoms. The van der Waals surface area contributed by atoms with Crippen molar-refractivity contribution in [1.29, 1.82) is 0 Å². The van der Waals surface area contributed by atoms with E-state index in [1.165, 1.54) is 0 Å². The van der Waals surface area contributed by atoms with Gasteiger partial charge in [-0.05, 0) is 0 Å². The van der Waals surface area contributed by atoms with E-state index in [-0.39, 0.29) is 24.9 Å². The number of imidazole rings is 1. The van der Waals surface area contributed by atoms with E-state index in [0.717, 1.165) is 5.82 Å². The Kier molecular flexibility index (Phi) is 4.07. The number of nitrogens with one attached hydrogen (secondary N) is 1. The van der Waals surface area contributed by atoms with Gasteiger partial charge in [0.25, 0.3) is 11.7 Å². The van der Waals surface area contributed by atoms with Crippen molar-refractivity contribution in [3.8, 4) is 0 Å². The molecule has 4 nitrogen and oxygen atoms in total. The smallest absolute Gasteiger partial charge is 0.279 e. The van der Waals surface area contributed by atoms with Gasteiger partial charge in [0.15, 0.2) is 6.54 Å². The molecule has 1 aromatic rings. The molecule has 5 heteroatoms. The summed E-state index contributed by atoms with van der Waals surface area (Å²) < 4.78 is 1.69. The second kappa shape index (κ2) is 4.56. The molecule has 1 rings (SSSR count). The summed E-state index contributed by atoms with van der Waals surface area (Å²) in [5.41, 5.74) is 5.00. The minimum atomic E-state index is -0.363. The predicted molar refractivity (Wildman–Crippen MR) is 40.3 cm³/mol. The van der Waals surface area contributed by atoms with Crippen molar-refractivity contribution >= 4 is 12.0 Å². The van der Waals surface area contributed by atoms with Crippen molar-refractivity contribution in [2.45, 2.75) is 6.54 Å². The number of aromatic nitrogens is 2. The third kappa shape index (κ3) is 2.39. The number of primary amides is 1. The Bertz CT molecular complexity index is 282. The van der Waals surface area contributed by atoms with Gasteiger partial charge in [0.05, 0.1) is 0 Å². The van der Waals surface area contributed by atoms with Gasteiger partial charge < -0.3 is 18.1 Å². The van der Waals surface area contributed by atoms with Gasteiger partial charge in [-0.15, -0.1) is 0 Å². The van der Waals surface area contributed by atoms with Gasteiger partial charge in [0.1, 0.15) is 12.4 Å². The lowest BCUT2D eigenvalue weighted by atomic mass is 10.5. The molecule has 0 aromatic carbocycles. The lowest BCUT2D eigenvalue weighted by molar-refractivity contribution is -0.684. The number of carbonyl (C=O) groups excluding carboxylic acids is 1. The minimum absolute atomic E-state index is 0. The SMILES string of the molecule is C=Cc1[nH]cc[n+]1CC(N)=O.[Cl-]. The normalized spacial score (nSPS) is 8.67. The fourth-order valence-corrected chi connectivity index (χ4v) is 0.858. The fraction of sp³-hybridized carbons (Fsp3) is 0.143. The van der Waals surface area contributed by atoms with Crippen molar-refractivity contribution in [1.82, 2.24) is 4.98 Å². The van der Waals surface area contributed by atoms with E-state index in [4.69, 9.17) is 5.73 Å². The van der Waals surface area contributed by atoms with Crippen LogP contribution in [0.3, 0.4) is 0 Å². The Hall–Kier alpha value is -1.29. The van der Waals surface area contributed by atoms with Crippen molar-refractivity contribution in [3.05, 3.63) is 24.8 Å². The number of nitrogens with two attached hydrogens (primary N) is 1. The lowest BCUT2D eigenvalue weighted by Crippen LogP contribution is -3.00. The molecule has 3 N–H and O–H groups in total. The van der Waals surface area contributed by atoms with Gasteiger partial charge >= 0.3 is 0 Å². The summed E-state index contributed by atoms with van der Waals surface area (Å²) >= 11 is 0. The Morgan fingerprint density at radius 3 is 3.00 bits per heavy atom. The average Bonchev–Trinajstić information content (AvgIpc) is 2.34.